The molecule has 0 unspecified atom stereocenters. The van der Waals surface area contributed by atoms with Gasteiger partial charge >= 0.3 is 5.97 Å². The van der Waals surface area contributed by atoms with E-state index in [9.17, 15) is 9.59 Å². The quantitative estimate of drug-likeness (QED) is 0.805. The second kappa shape index (κ2) is 6.95. The fourth-order valence-electron chi connectivity index (χ4n) is 2.09. The number of benzene rings is 1. The third kappa shape index (κ3) is 3.87. The molecule has 0 atom stereocenters. The van der Waals surface area contributed by atoms with Gasteiger partial charge in [0.15, 0.2) is 6.61 Å². The molecule has 0 saturated carbocycles. The maximum atomic E-state index is 11.9. The van der Waals surface area contributed by atoms with Crippen LogP contribution in [-0.2, 0) is 9.53 Å². The number of ether oxygens (including phenoxy) is 1. The van der Waals surface area contributed by atoms with Crippen LogP contribution in [0.5, 0.6) is 0 Å². The lowest BCUT2D eigenvalue weighted by Gasteiger charge is -2.26. The summed E-state index contributed by atoms with van der Waals surface area (Å²) < 4.78 is 5.01. The Bertz CT molecular complexity index is 513. The van der Waals surface area contributed by atoms with Gasteiger partial charge in [-0.05, 0) is 37.5 Å². The molecule has 0 radical (unpaired) electrons. The smallest absolute Gasteiger partial charge is 0.340 e. The number of carbonyl (C=O) groups excluding carboxylic acids is 2. The highest BCUT2D eigenvalue weighted by atomic mass is 35.5. The summed E-state index contributed by atoms with van der Waals surface area (Å²) in [4.78, 5) is 25.5. The number of rotatable bonds is 3. The van der Waals surface area contributed by atoms with Crippen molar-refractivity contribution in [3.63, 3.8) is 0 Å². The molecule has 1 amide bonds. The van der Waals surface area contributed by atoms with E-state index < -0.39 is 5.97 Å². The Labute approximate surface area is 127 Å². The van der Waals surface area contributed by atoms with Crippen LogP contribution in [-0.4, -0.2) is 36.5 Å². The molecule has 1 fully saturated rings. The number of carbonyl (C=O) groups is 2. The van der Waals surface area contributed by atoms with Gasteiger partial charge in [-0.2, -0.15) is 0 Å². The van der Waals surface area contributed by atoms with Crippen molar-refractivity contribution < 1.29 is 14.3 Å². The van der Waals surface area contributed by atoms with E-state index in [0.717, 1.165) is 32.4 Å². The van der Waals surface area contributed by atoms with Crippen LogP contribution < -0.4 is 0 Å². The molecule has 0 aromatic heterocycles. The van der Waals surface area contributed by atoms with Crippen molar-refractivity contribution in [2.24, 2.45) is 0 Å². The van der Waals surface area contributed by atoms with Crippen LogP contribution in [0.4, 0.5) is 0 Å². The molecule has 1 heterocycles. The molecule has 1 aliphatic rings. The van der Waals surface area contributed by atoms with Gasteiger partial charge in [-0.3, -0.25) is 4.79 Å². The Morgan fingerprint density at radius 2 is 1.85 bits per heavy atom. The lowest BCUT2D eigenvalue weighted by Crippen LogP contribution is -2.38. The monoisotopic (exact) mass is 315 g/mol. The van der Waals surface area contributed by atoms with Crippen LogP contribution in [0.2, 0.25) is 10.0 Å². The predicted molar refractivity (Wildman–Crippen MR) is 77.2 cm³/mol. The number of piperidine rings is 1. The standard InChI is InChI=1S/C14H15Cl2NO3/c15-10-4-5-12(16)11(8-10)14(19)20-9-13(18)17-6-2-1-3-7-17/h4-5,8H,1-3,6-7,9H2. The molecule has 0 spiro atoms. The first kappa shape index (κ1) is 15.1. The summed E-state index contributed by atoms with van der Waals surface area (Å²) in [5.41, 5.74) is 0.172. The maximum Gasteiger partial charge on any atom is 0.340 e. The van der Waals surface area contributed by atoms with Gasteiger partial charge in [0.2, 0.25) is 0 Å². The number of amides is 1. The van der Waals surface area contributed by atoms with Gasteiger partial charge < -0.3 is 9.64 Å². The molecular formula is C14H15Cl2NO3. The second-order valence-electron chi connectivity index (χ2n) is 4.64. The molecule has 1 aliphatic heterocycles. The van der Waals surface area contributed by atoms with E-state index in [0.29, 0.717) is 5.02 Å². The molecule has 0 bridgehead atoms. The van der Waals surface area contributed by atoms with E-state index >= 15 is 0 Å². The number of hydrogen-bond acceptors (Lipinski definition) is 3. The minimum Gasteiger partial charge on any atom is -0.452 e. The van der Waals surface area contributed by atoms with Gasteiger partial charge in [0.25, 0.3) is 5.91 Å². The Balaban J connectivity index is 1.91. The van der Waals surface area contributed by atoms with Gasteiger partial charge in [-0.25, -0.2) is 4.79 Å². The molecule has 0 N–H and O–H groups in total. The van der Waals surface area contributed by atoms with Crippen molar-refractivity contribution in [3.05, 3.63) is 33.8 Å². The minimum absolute atomic E-state index is 0.170. The summed E-state index contributed by atoms with van der Waals surface area (Å²) in [6.45, 7) is 1.20. The van der Waals surface area contributed by atoms with Crippen LogP contribution in [0.1, 0.15) is 29.6 Å². The van der Waals surface area contributed by atoms with E-state index in [1.807, 2.05) is 0 Å². The molecule has 6 heteroatoms. The lowest BCUT2D eigenvalue weighted by atomic mass is 10.1. The zero-order chi connectivity index (χ0) is 14.5. The first-order valence-electron chi connectivity index (χ1n) is 6.48. The molecule has 1 aromatic rings. The molecule has 2 rings (SSSR count). The molecule has 0 aliphatic carbocycles. The van der Waals surface area contributed by atoms with Crippen LogP contribution in [0.15, 0.2) is 18.2 Å². The largest absolute Gasteiger partial charge is 0.452 e. The normalized spacial score (nSPS) is 15.0. The summed E-state index contributed by atoms with van der Waals surface area (Å²) in [5, 5.41) is 0.647. The molecule has 20 heavy (non-hydrogen) atoms. The zero-order valence-electron chi connectivity index (χ0n) is 10.9. The fraction of sp³-hybridized carbons (Fsp3) is 0.429. The van der Waals surface area contributed by atoms with Gasteiger partial charge in [0, 0.05) is 18.1 Å². The van der Waals surface area contributed by atoms with Crippen LogP contribution >= 0.6 is 23.2 Å². The van der Waals surface area contributed by atoms with Crippen LogP contribution in [0, 0.1) is 0 Å². The van der Waals surface area contributed by atoms with Crippen molar-refractivity contribution >= 4 is 35.1 Å². The lowest BCUT2D eigenvalue weighted by molar-refractivity contribution is -0.135. The Hall–Kier alpha value is -1.26. The number of hydrogen-bond donors (Lipinski definition) is 0. The van der Waals surface area contributed by atoms with E-state index in [1.54, 1.807) is 11.0 Å². The van der Waals surface area contributed by atoms with Gasteiger partial charge in [0.1, 0.15) is 0 Å². The highest BCUT2D eigenvalue weighted by Crippen LogP contribution is 2.21. The topological polar surface area (TPSA) is 46.6 Å². The molecular weight excluding hydrogens is 301 g/mol. The Morgan fingerprint density at radius 3 is 2.55 bits per heavy atom. The Morgan fingerprint density at radius 1 is 1.15 bits per heavy atom. The minimum atomic E-state index is -0.636. The van der Waals surface area contributed by atoms with E-state index in [-0.39, 0.29) is 23.1 Å². The maximum absolute atomic E-state index is 11.9. The zero-order valence-corrected chi connectivity index (χ0v) is 12.4. The van der Waals surface area contributed by atoms with Crippen molar-refractivity contribution in [1.29, 1.82) is 0 Å². The van der Waals surface area contributed by atoms with Crippen molar-refractivity contribution in [1.82, 2.24) is 4.90 Å². The molecule has 4 nitrogen and oxygen atoms in total. The number of nitrogens with zero attached hydrogens (tertiary/aromatic N) is 1. The molecule has 108 valence electrons. The number of esters is 1. The fourth-order valence-corrected chi connectivity index (χ4v) is 2.46. The average molecular weight is 316 g/mol. The third-order valence-electron chi connectivity index (χ3n) is 3.18. The summed E-state index contributed by atoms with van der Waals surface area (Å²) >= 11 is 11.7. The number of likely N-dealkylation sites (tertiary alicyclic amines) is 1. The average Bonchev–Trinajstić information content (AvgIpc) is 2.47. The molecule has 1 saturated heterocycles. The second-order valence-corrected chi connectivity index (χ2v) is 5.49. The Kier molecular flexibility index (Phi) is 5.26. The third-order valence-corrected chi connectivity index (χ3v) is 3.75. The summed E-state index contributed by atoms with van der Waals surface area (Å²) in [5.74, 6) is -0.806. The van der Waals surface area contributed by atoms with Crippen molar-refractivity contribution in [2.75, 3.05) is 19.7 Å². The summed E-state index contributed by atoms with van der Waals surface area (Å²) in [6, 6.07) is 4.53. The van der Waals surface area contributed by atoms with Crippen LogP contribution in [0.25, 0.3) is 0 Å². The van der Waals surface area contributed by atoms with Crippen molar-refractivity contribution in [2.45, 2.75) is 19.3 Å². The highest BCUT2D eigenvalue weighted by molar-refractivity contribution is 6.35. The van der Waals surface area contributed by atoms with Gasteiger partial charge in [0.05, 0.1) is 10.6 Å². The SMILES string of the molecule is O=C(OCC(=O)N1CCCCC1)c1cc(Cl)ccc1Cl. The first-order valence-corrected chi connectivity index (χ1v) is 7.23. The van der Waals surface area contributed by atoms with E-state index in [1.165, 1.54) is 12.1 Å². The van der Waals surface area contributed by atoms with Gasteiger partial charge in [-0.1, -0.05) is 23.2 Å². The molecule has 1 aromatic carbocycles. The van der Waals surface area contributed by atoms with E-state index in [2.05, 4.69) is 0 Å². The van der Waals surface area contributed by atoms with Crippen LogP contribution in [0.3, 0.4) is 0 Å². The number of halogens is 2. The van der Waals surface area contributed by atoms with Gasteiger partial charge in [-0.15, -0.1) is 0 Å². The highest BCUT2D eigenvalue weighted by Gasteiger charge is 2.19. The first-order chi connectivity index (χ1) is 9.58. The van der Waals surface area contributed by atoms with E-state index in [4.69, 9.17) is 27.9 Å². The van der Waals surface area contributed by atoms with Crippen molar-refractivity contribution in [3.8, 4) is 0 Å². The predicted octanol–water partition coefficient (Wildman–Crippen LogP) is 3.16. The summed E-state index contributed by atoms with van der Waals surface area (Å²) in [7, 11) is 0. The summed E-state index contributed by atoms with van der Waals surface area (Å²) in [6.07, 6.45) is 3.14.